The molecule has 3 aromatic rings. The fraction of sp³-hybridized carbons (Fsp3) is 0.125. The maximum Gasteiger partial charge on any atom is 0.310 e. The zero-order valence-electron chi connectivity index (χ0n) is 10.9. The summed E-state index contributed by atoms with van der Waals surface area (Å²) < 4.78 is 5.72. The molecule has 1 heterocycles. The van der Waals surface area contributed by atoms with Gasteiger partial charge in [-0.15, -0.1) is 0 Å². The Hall–Kier alpha value is -2.62. The van der Waals surface area contributed by atoms with E-state index >= 15 is 0 Å². The van der Waals surface area contributed by atoms with Crippen LogP contribution < -0.4 is 0 Å². The van der Waals surface area contributed by atoms with Crippen molar-refractivity contribution in [1.29, 1.82) is 0 Å². The van der Waals surface area contributed by atoms with Crippen LogP contribution in [0.25, 0.3) is 22.6 Å². The molecule has 3 rings (SSSR count). The number of carboxylic acids is 1. The number of hydrogen-bond acceptors (Lipinski definition) is 3. The van der Waals surface area contributed by atoms with E-state index in [1.165, 1.54) is 0 Å². The van der Waals surface area contributed by atoms with Gasteiger partial charge in [0.05, 0.1) is 5.92 Å². The van der Waals surface area contributed by atoms with Crippen molar-refractivity contribution >= 4 is 17.1 Å². The molecular weight excluding hydrogens is 254 g/mol. The van der Waals surface area contributed by atoms with Gasteiger partial charge >= 0.3 is 5.97 Å². The Morgan fingerprint density at radius 2 is 1.90 bits per heavy atom. The number of nitrogens with zero attached hydrogens (tertiary/aromatic N) is 1. The van der Waals surface area contributed by atoms with E-state index in [1.807, 2.05) is 30.3 Å². The number of oxazole rings is 1. The standard InChI is InChI=1S/C16H13NO3/c1-10(16(18)19)12-8-5-9-13-14(12)17-15(20-13)11-6-3-2-4-7-11/h2-10H,1H3,(H,18,19). The van der Waals surface area contributed by atoms with Crippen LogP contribution in [0, 0.1) is 0 Å². The van der Waals surface area contributed by atoms with Crippen LogP contribution in [-0.2, 0) is 4.79 Å². The van der Waals surface area contributed by atoms with Crippen molar-refractivity contribution in [3.8, 4) is 11.5 Å². The van der Waals surface area contributed by atoms with Crippen LogP contribution in [0.5, 0.6) is 0 Å². The van der Waals surface area contributed by atoms with E-state index in [0.29, 0.717) is 22.6 Å². The lowest BCUT2D eigenvalue weighted by molar-refractivity contribution is -0.138. The summed E-state index contributed by atoms with van der Waals surface area (Å²) in [4.78, 5) is 15.6. The van der Waals surface area contributed by atoms with Gasteiger partial charge in [0.15, 0.2) is 5.58 Å². The molecule has 1 aromatic heterocycles. The maximum absolute atomic E-state index is 11.2. The molecule has 0 aliphatic heterocycles. The normalized spacial score (nSPS) is 12.4. The number of para-hydroxylation sites is 1. The van der Waals surface area contributed by atoms with Crippen molar-refractivity contribution < 1.29 is 14.3 Å². The third kappa shape index (κ3) is 2.05. The van der Waals surface area contributed by atoms with Gasteiger partial charge in [-0.3, -0.25) is 4.79 Å². The van der Waals surface area contributed by atoms with E-state index in [1.54, 1.807) is 25.1 Å². The van der Waals surface area contributed by atoms with Crippen molar-refractivity contribution in [1.82, 2.24) is 4.98 Å². The highest BCUT2D eigenvalue weighted by Gasteiger charge is 2.19. The molecule has 0 aliphatic rings. The van der Waals surface area contributed by atoms with Gasteiger partial charge in [-0.1, -0.05) is 30.3 Å². The molecule has 0 aliphatic carbocycles. The van der Waals surface area contributed by atoms with Gasteiger partial charge in [-0.25, -0.2) is 4.98 Å². The Morgan fingerprint density at radius 1 is 1.15 bits per heavy atom. The van der Waals surface area contributed by atoms with Crippen molar-refractivity contribution in [3.63, 3.8) is 0 Å². The molecule has 20 heavy (non-hydrogen) atoms. The largest absolute Gasteiger partial charge is 0.481 e. The molecule has 0 amide bonds. The monoisotopic (exact) mass is 267 g/mol. The molecule has 0 saturated carbocycles. The molecule has 4 nitrogen and oxygen atoms in total. The van der Waals surface area contributed by atoms with Crippen LogP contribution in [0.2, 0.25) is 0 Å². The van der Waals surface area contributed by atoms with E-state index in [2.05, 4.69) is 4.98 Å². The molecular formula is C16H13NO3. The Bertz CT molecular complexity index is 762. The van der Waals surface area contributed by atoms with Crippen molar-refractivity contribution in [3.05, 3.63) is 54.1 Å². The van der Waals surface area contributed by atoms with Gasteiger partial charge in [0.1, 0.15) is 5.52 Å². The third-order valence-electron chi connectivity index (χ3n) is 3.31. The summed E-state index contributed by atoms with van der Waals surface area (Å²) in [6.07, 6.45) is 0. The molecule has 0 radical (unpaired) electrons. The van der Waals surface area contributed by atoms with E-state index in [0.717, 1.165) is 5.56 Å². The summed E-state index contributed by atoms with van der Waals surface area (Å²) in [5.41, 5.74) is 2.76. The Balaban J connectivity index is 2.17. The number of rotatable bonds is 3. The first-order valence-corrected chi connectivity index (χ1v) is 6.34. The topological polar surface area (TPSA) is 63.3 Å². The summed E-state index contributed by atoms with van der Waals surface area (Å²) in [5, 5.41) is 9.16. The molecule has 1 N–H and O–H groups in total. The lowest BCUT2D eigenvalue weighted by Gasteiger charge is -2.05. The zero-order chi connectivity index (χ0) is 14.1. The zero-order valence-corrected chi connectivity index (χ0v) is 10.9. The molecule has 0 fully saturated rings. The predicted octanol–water partition coefficient (Wildman–Crippen LogP) is 3.68. The summed E-state index contributed by atoms with van der Waals surface area (Å²) >= 11 is 0. The average molecular weight is 267 g/mol. The maximum atomic E-state index is 11.2. The first kappa shape index (κ1) is 12.4. The number of carboxylic acid groups (broad SMARTS) is 1. The minimum atomic E-state index is -0.873. The summed E-state index contributed by atoms with van der Waals surface area (Å²) in [5.74, 6) is -0.986. The Kier molecular flexibility index (Phi) is 2.99. The molecule has 100 valence electrons. The molecule has 1 unspecified atom stereocenters. The van der Waals surface area contributed by atoms with E-state index in [9.17, 15) is 4.79 Å². The van der Waals surface area contributed by atoms with Crippen LogP contribution in [0.1, 0.15) is 18.4 Å². The second-order valence-electron chi connectivity index (χ2n) is 4.64. The van der Waals surface area contributed by atoms with Gasteiger partial charge in [-0.2, -0.15) is 0 Å². The quantitative estimate of drug-likeness (QED) is 0.786. The minimum Gasteiger partial charge on any atom is -0.481 e. The molecule has 4 heteroatoms. The molecule has 0 saturated heterocycles. The van der Waals surface area contributed by atoms with Crippen LogP contribution in [0.15, 0.2) is 52.9 Å². The Labute approximate surface area is 115 Å². The molecule has 2 aromatic carbocycles. The van der Waals surface area contributed by atoms with Crippen LogP contribution >= 0.6 is 0 Å². The number of carbonyl (C=O) groups is 1. The van der Waals surface area contributed by atoms with Crippen LogP contribution in [-0.4, -0.2) is 16.1 Å². The molecule has 0 spiro atoms. The first-order chi connectivity index (χ1) is 9.66. The second kappa shape index (κ2) is 4.81. The highest BCUT2D eigenvalue weighted by Crippen LogP contribution is 2.29. The SMILES string of the molecule is CC(C(=O)O)c1cccc2oc(-c3ccccc3)nc12. The minimum absolute atomic E-state index is 0.505. The van der Waals surface area contributed by atoms with E-state index < -0.39 is 11.9 Å². The number of hydrogen-bond donors (Lipinski definition) is 1. The first-order valence-electron chi connectivity index (χ1n) is 6.34. The number of aliphatic carboxylic acids is 1. The Morgan fingerprint density at radius 3 is 2.60 bits per heavy atom. The van der Waals surface area contributed by atoms with Gasteiger partial charge in [0.25, 0.3) is 0 Å². The smallest absolute Gasteiger partial charge is 0.310 e. The van der Waals surface area contributed by atoms with Gasteiger partial charge in [0.2, 0.25) is 5.89 Å². The lowest BCUT2D eigenvalue weighted by Crippen LogP contribution is -2.07. The second-order valence-corrected chi connectivity index (χ2v) is 4.64. The van der Waals surface area contributed by atoms with Crippen molar-refractivity contribution in [2.45, 2.75) is 12.8 Å². The van der Waals surface area contributed by atoms with Crippen LogP contribution in [0.3, 0.4) is 0 Å². The van der Waals surface area contributed by atoms with Crippen LogP contribution in [0.4, 0.5) is 0 Å². The third-order valence-corrected chi connectivity index (χ3v) is 3.31. The van der Waals surface area contributed by atoms with E-state index in [4.69, 9.17) is 9.52 Å². The molecule has 1 atom stereocenters. The number of benzene rings is 2. The van der Waals surface area contributed by atoms with Gasteiger partial charge < -0.3 is 9.52 Å². The predicted molar refractivity (Wildman–Crippen MR) is 75.5 cm³/mol. The van der Waals surface area contributed by atoms with Crippen molar-refractivity contribution in [2.75, 3.05) is 0 Å². The highest BCUT2D eigenvalue weighted by molar-refractivity contribution is 5.86. The lowest BCUT2D eigenvalue weighted by atomic mass is 10.0. The fourth-order valence-electron chi connectivity index (χ4n) is 2.16. The summed E-state index contributed by atoms with van der Waals surface area (Å²) in [7, 11) is 0. The van der Waals surface area contributed by atoms with Gasteiger partial charge in [-0.05, 0) is 30.7 Å². The number of fused-ring (bicyclic) bond motifs is 1. The summed E-state index contributed by atoms with van der Waals surface area (Å²) in [6, 6.07) is 14.9. The number of aromatic nitrogens is 1. The molecule has 0 bridgehead atoms. The summed E-state index contributed by atoms with van der Waals surface area (Å²) in [6.45, 7) is 1.65. The van der Waals surface area contributed by atoms with E-state index in [-0.39, 0.29) is 0 Å². The highest BCUT2D eigenvalue weighted by atomic mass is 16.4. The van der Waals surface area contributed by atoms with Gasteiger partial charge in [0, 0.05) is 5.56 Å². The fourth-order valence-corrected chi connectivity index (χ4v) is 2.16. The van der Waals surface area contributed by atoms with Crippen molar-refractivity contribution in [2.24, 2.45) is 0 Å². The average Bonchev–Trinajstić information content (AvgIpc) is 2.91.